The Morgan fingerprint density at radius 2 is 2.11 bits per heavy atom. The van der Waals surface area contributed by atoms with Crippen molar-refractivity contribution in [3.05, 3.63) is 29.6 Å². The summed E-state index contributed by atoms with van der Waals surface area (Å²) in [5.41, 5.74) is 0.568. The van der Waals surface area contributed by atoms with E-state index in [-0.39, 0.29) is 17.5 Å². The second-order valence-electron chi connectivity index (χ2n) is 5.12. The van der Waals surface area contributed by atoms with Crippen LogP contribution in [0.4, 0.5) is 4.39 Å². The van der Waals surface area contributed by atoms with Crippen molar-refractivity contribution in [3.8, 4) is 5.75 Å². The van der Waals surface area contributed by atoms with Crippen LogP contribution in [0.1, 0.15) is 25.3 Å². The fourth-order valence-electron chi connectivity index (χ4n) is 2.81. The van der Waals surface area contributed by atoms with Crippen molar-refractivity contribution in [2.45, 2.75) is 38.1 Å². The van der Waals surface area contributed by atoms with Crippen molar-refractivity contribution >= 4 is 0 Å². The molecular weight excluding hydrogens is 233 g/mol. The van der Waals surface area contributed by atoms with Crippen LogP contribution in [-0.2, 0) is 11.3 Å². The van der Waals surface area contributed by atoms with Crippen molar-refractivity contribution in [2.24, 2.45) is 0 Å². The predicted octanol–water partition coefficient (Wildman–Crippen LogP) is 2.25. The van der Waals surface area contributed by atoms with E-state index in [4.69, 9.17) is 9.47 Å². The number of hydrogen-bond acceptors (Lipinski definition) is 3. The maximum atomic E-state index is 13.2. The van der Waals surface area contributed by atoms with E-state index in [1.807, 2.05) is 6.92 Å². The van der Waals surface area contributed by atoms with Crippen LogP contribution >= 0.6 is 0 Å². The summed E-state index contributed by atoms with van der Waals surface area (Å²) in [4.78, 5) is 0. The van der Waals surface area contributed by atoms with Gasteiger partial charge in [-0.2, -0.15) is 0 Å². The Morgan fingerprint density at radius 3 is 2.89 bits per heavy atom. The Bertz CT molecular complexity index is 443. The highest BCUT2D eigenvalue weighted by atomic mass is 19.1. The van der Waals surface area contributed by atoms with Crippen LogP contribution in [0.3, 0.4) is 0 Å². The molecule has 18 heavy (non-hydrogen) atoms. The first-order valence-corrected chi connectivity index (χ1v) is 6.49. The number of piperidine rings is 1. The predicted molar refractivity (Wildman–Crippen MR) is 66.1 cm³/mol. The van der Waals surface area contributed by atoms with Gasteiger partial charge in [0.15, 0.2) is 0 Å². The second kappa shape index (κ2) is 4.52. The number of benzene rings is 1. The number of fused-ring (bicyclic) bond motifs is 1. The molecule has 0 amide bonds. The molecule has 98 valence electrons. The van der Waals surface area contributed by atoms with Gasteiger partial charge in [-0.15, -0.1) is 0 Å². The van der Waals surface area contributed by atoms with Gasteiger partial charge in [0.1, 0.15) is 23.3 Å². The molecule has 0 bridgehead atoms. The molecule has 1 spiro atoms. The van der Waals surface area contributed by atoms with Crippen molar-refractivity contribution in [3.63, 3.8) is 0 Å². The van der Waals surface area contributed by atoms with Gasteiger partial charge in [-0.25, -0.2) is 4.39 Å². The van der Waals surface area contributed by atoms with E-state index in [0.717, 1.165) is 37.2 Å². The molecule has 1 aromatic rings. The summed E-state index contributed by atoms with van der Waals surface area (Å²) in [5.74, 6) is 0.508. The fraction of sp³-hybridized carbons (Fsp3) is 0.571. The number of hydrogen-bond donors (Lipinski definition) is 1. The van der Waals surface area contributed by atoms with Crippen LogP contribution in [0.5, 0.6) is 5.75 Å². The molecule has 2 heterocycles. The number of ether oxygens (including phenoxy) is 2. The first-order chi connectivity index (χ1) is 8.70. The number of halogens is 1. The Kier molecular flexibility index (Phi) is 2.99. The molecule has 1 unspecified atom stereocenters. The van der Waals surface area contributed by atoms with E-state index < -0.39 is 0 Å². The van der Waals surface area contributed by atoms with Crippen LogP contribution in [0.2, 0.25) is 0 Å². The van der Waals surface area contributed by atoms with Crippen LogP contribution in [0.15, 0.2) is 18.2 Å². The van der Waals surface area contributed by atoms with Crippen LogP contribution in [0.25, 0.3) is 0 Å². The number of rotatable bonds is 0. The molecule has 1 saturated heterocycles. The Balaban J connectivity index is 1.89. The van der Waals surface area contributed by atoms with Crippen LogP contribution in [-0.4, -0.2) is 24.8 Å². The standard InChI is InChI=1S/C14H18FNO2/c1-10-14(4-6-16-7-5-14)17-9-11-8-12(15)2-3-13(11)18-10/h2-3,8,10,16H,4-7,9H2,1H3. The van der Waals surface area contributed by atoms with E-state index in [1.165, 1.54) is 12.1 Å². The third-order valence-corrected chi connectivity index (χ3v) is 4.03. The molecule has 1 atom stereocenters. The van der Waals surface area contributed by atoms with Crippen molar-refractivity contribution in [2.75, 3.05) is 13.1 Å². The van der Waals surface area contributed by atoms with Crippen molar-refractivity contribution in [1.29, 1.82) is 0 Å². The Hall–Kier alpha value is -1.13. The summed E-state index contributed by atoms with van der Waals surface area (Å²) >= 11 is 0. The fourth-order valence-corrected chi connectivity index (χ4v) is 2.81. The molecule has 1 N–H and O–H groups in total. The molecular formula is C14H18FNO2. The van der Waals surface area contributed by atoms with E-state index in [9.17, 15) is 4.39 Å². The topological polar surface area (TPSA) is 30.5 Å². The largest absolute Gasteiger partial charge is 0.487 e. The molecule has 2 aliphatic heterocycles. The zero-order valence-corrected chi connectivity index (χ0v) is 10.5. The summed E-state index contributed by atoms with van der Waals surface area (Å²) in [6.45, 7) is 4.36. The molecule has 0 aromatic heterocycles. The molecule has 3 rings (SSSR count). The quantitative estimate of drug-likeness (QED) is 0.767. The lowest BCUT2D eigenvalue weighted by atomic mass is 9.87. The molecule has 3 nitrogen and oxygen atoms in total. The minimum absolute atomic E-state index is 0.00805. The smallest absolute Gasteiger partial charge is 0.125 e. The van der Waals surface area contributed by atoms with Crippen LogP contribution in [0, 0.1) is 5.82 Å². The van der Waals surface area contributed by atoms with Gasteiger partial charge < -0.3 is 14.8 Å². The first kappa shape index (κ1) is 11.9. The molecule has 0 saturated carbocycles. The summed E-state index contributed by atoms with van der Waals surface area (Å²) in [5, 5.41) is 3.33. The highest BCUT2D eigenvalue weighted by molar-refractivity contribution is 5.34. The Morgan fingerprint density at radius 1 is 1.33 bits per heavy atom. The molecule has 0 radical (unpaired) electrons. The third-order valence-electron chi connectivity index (χ3n) is 4.03. The first-order valence-electron chi connectivity index (χ1n) is 6.49. The molecule has 1 aromatic carbocycles. The highest BCUT2D eigenvalue weighted by Crippen LogP contribution is 2.36. The maximum absolute atomic E-state index is 13.2. The van der Waals surface area contributed by atoms with Gasteiger partial charge in [0.05, 0.1) is 6.61 Å². The lowest BCUT2D eigenvalue weighted by molar-refractivity contribution is -0.122. The zero-order valence-electron chi connectivity index (χ0n) is 10.5. The second-order valence-corrected chi connectivity index (χ2v) is 5.12. The van der Waals surface area contributed by atoms with E-state index >= 15 is 0 Å². The SMILES string of the molecule is CC1Oc2ccc(F)cc2COC12CCNCC2. The molecule has 0 aliphatic carbocycles. The van der Waals surface area contributed by atoms with Gasteiger partial charge in [-0.3, -0.25) is 0 Å². The minimum atomic E-state index is -0.241. The lowest BCUT2D eigenvalue weighted by Gasteiger charge is -2.40. The van der Waals surface area contributed by atoms with E-state index in [1.54, 1.807) is 6.07 Å². The minimum Gasteiger partial charge on any atom is -0.487 e. The number of nitrogens with one attached hydrogen (secondary N) is 1. The third kappa shape index (κ3) is 1.99. The van der Waals surface area contributed by atoms with Gasteiger partial charge in [0.25, 0.3) is 0 Å². The van der Waals surface area contributed by atoms with Crippen LogP contribution < -0.4 is 10.1 Å². The summed E-state index contributed by atoms with van der Waals surface area (Å²) in [7, 11) is 0. The highest BCUT2D eigenvalue weighted by Gasteiger charge is 2.42. The summed E-state index contributed by atoms with van der Waals surface area (Å²) in [6, 6.07) is 4.64. The van der Waals surface area contributed by atoms with Crippen molar-refractivity contribution in [1.82, 2.24) is 5.32 Å². The van der Waals surface area contributed by atoms with Gasteiger partial charge in [0.2, 0.25) is 0 Å². The average molecular weight is 251 g/mol. The summed E-state index contributed by atoms with van der Waals surface area (Å²) in [6.07, 6.45) is 1.86. The van der Waals surface area contributed by atoms with Gasteiger partial charge in [-0.1, -0.05) is 0 Å². The molecule has 2 aliphatic rings. The summed E-state index contributed by atoms with van der Waals surface area (Å²) < 4.78 is 25.3. The van der Waals surface area contributed by atoms with Gasteiger partial charge in [0, 0.05) is 5.56 Å². The lowest BCUT2D eigenvalue weighted by Crippen LogP contribution is -2.52. The van der Waals surface area contributed by atoms with Gasteiger partial charge >= 0.3 is 0 Å². The van der Waals surface area contributed by atoms with E-state index in [2.05, 4.69) is 5.32 Å². The van der Waals surface area contributed by atoms with E-state index in [0.29, 0.717) is 6.61 Å². The average Bonchev–Trinajstić information content (AvgIpc) is 2.51. The maximum Gasteiger partial charge on any atom is 0.125 e. The molecule has 1 fully saturated rings. The Labute approximate surface area is 106 Å². The van der Waals surface area contributed by atoms with Crippen molar-refractivity contribution < 1.29 is 13.9 Å². The molecule has 4 heteroatoms. The normalized spacial score (nSPS) is 26.2. The zero-order chi connectivity index (χ0) is 12.6. The monoisotopic (exact) mass is 251 g/mol. The van der Waals surface area contributed by atoms with Gasteiger partial charge in [-0.05, 0) is 51.1 Å².